The first-order valence-electron chi connectivity index (χ1n) is 7.20. The second-order valence-corrected chi connectivity index (χ2v) is 7.62. The Labute approximate surface area is 162 Å². The lowest BCUT2D eigenvalue weighted by molar-refractivity contribution is -0.258. The van der Waals surface area contributed by atoms with E-state index in [1.165, 1.54) is 11.4 Å². The smallest absolute Gasteiger partial charge is 0.376 e. The Balaban J connectivity index is 2.28. The summed E-state index contributed by atoms with van der Waals surface area (Å²) in [5, 5.41) is 10.8. The highest BCUT2D eigenvalue weighted by atomic mass is 35.5. The van der Waals surface area contributed by atoms with E-state index >= 15 is 0 Å². The number of hydrogen-bond donors (Lipinski definition) is 1. The number of rotatable bonds is 2. The lowest BCUT2D eigenvalue weighted by Crippen LogP contribution is -2.39. The average molecular weight is 448 g/mol. The van der Waals surface area contributed by atoms with Gasteiger partial charge in [0.15, 0.2) is 5.60 Å². The number of halogens is 8. The number of nitrogens with zero attached hydrogens (tertiary/aromatic N) is 1. The number of aromatic nitrogens is 1. The van der Waals surface area contributed by atoms with Crippen LogP contribution < -0.4 is 0 Å². The van der Waals surface area contributed by atoms with Crippen molar-refractivity contribution in [2.45, 2.75) is 24.9 Å². The molecule has 1 N–H and O–H groups in total. The van der Waals surface area contributed by atoms with Gasteiger partial charge in [-0.2, -0.15) is 26.3 Å². The van der Waals surface area contributed by atoms with E-state index in [1.807, 2.05) is 0 Å². The van der Waals surface area contributed by atoms with Crippen LogP contribution in [0.15, 0.2) is 29.8 Å². The van der Waals surface area contributed by atoms with Gasteiger partial charge in [0.2, 0.25) is 0 Å². The highest BCUT2D eigenvalue weighted by Gasteiger charge is 2.52. The molecule has 0 spiro atoms. The predicted octanol–water partition coefficient (Wildman–Crippen LogP) is 6.79. The van der Waals surface area contributed by atoms with Crippen LogP contribution in [0.1, 0.15) is 18.1 Å². The number of thiophene rings is 1. The third kappa shape index (κ3) is 3.30. The molecule has 0 aliphatic rings. The van der Waals surface area contributed by atoms with E-state index in [4.69, 9.17) is 23.2 Å². The van der Waals surface area contributed by atoms with Gasteiger partial charge in [-0.1, -0.05) is 23.2 Å². The van der Waals surface area contributed by atoms with Crippen molar-refractivity contribution in [3.05, 3.63) is 50.9 Å². The molecule has 0 bridgehead atoms. The van der Waals surface area contributed by atoms with E-state index in [1.54, 1.807) is 0 Å². The number of aliphatic hydroxyl groups is 1. The molecule has 1 aromatic carbocycles. The molecule has 11 heteroatoms. The van der Waals surface area contributed by atoms with Crippen molar-refractivity contribution < 1.29 is 31.4 Å². The molecule has 146 valence electrons. The van der Waals surface area contributed by atoms with Gasteiger partial charge in [-0.05, 0) is 30.5 Å². The van der Waals surface area contributed by atoms with Crippen LogP contribution in [0.25, 0.3) is 15.9 Å². The van der Waals surface area contributed by atoms with Crippen LogP contribution in [0.3, 0.4) is 0 Å². The quantitative estimate of drug-likeness (QED) is 0.430. The number of fused-ring (bicyclic) bond motifs is 1. The van der Waals surface area contributed by atoms with Crippen molar-refractivity contribution in [1.82, 2.24) is 4.57 Å². The van der Waals surface area contributed by atoms with Crippen LogP contribution in [0, 0.1) is 0 Å². The van der Waals surface area contributed by atoms with E-state index < -0.39 is 39.1 Å². The Bertz CT molecular complexity index is 995. The molecule has 0 radical (unpaired) electrons. The van der Waals surface area contributed by atoms with Crippen molar-refractivity contribution in [3.8, 4) is 5.69 Å². The Kier molecular flexibility index (Phi) is 4.74. The predicted molar refractivity (Wildman–Crippen MR) is 91.8 cm³/mol. The topological polar surface area (TPSA) is 25.2 Å². The summed E-state index contributed by atoms with van der Waals surface area (Å²) in [5.41, 5.74) is -4.83. The van der Waals surface area contributed by atoms with Gasteiger partial charge in [-0.15, -0.1) is 11.3 Å². The van der Waals surface area contributed by atoms with Gasteiger partial charge in [0, 0.05) is 17.1 Å². The molecule has 0 aliphatic heterocycles. The SMILES string of the molecule is CC(O)(c1cn(-c2c(Cl)cc(C(F)(F)F)cc2Cl)c2sccc12)C(F)(F)F. The third-order valence-corrected chi connectivity index (χ3v) is 5.56. The fourth-order valence-electron chi connectivity index (χ4n) is 2.62. The van der Waals surface area contributed by atoms with E-state index in [0.29, 0.717) is 19.1 Å². The summed E-state index contributed by atoms with van der Waals surface area (Å²) in [4.78, 5) is 0.248. The fraction of sp³-hybridized carbons (Fsp3) is 0.250. The largest absolute Gasteiger partial charge is 0.421 e. The third-order valence-electron chi connectivity index (χ3n) is 4.07. The van der Waals surface area contributed by atoms with Crippen LogP contribution in [0.2, 0.25) is 10.0 Å². The minimum absolute atomic E-state index is 0.0920. The molecule has 1 unspecified atom stereocenters. The molecule has 3 rings (SSSR count). The molecule has 2 heterocycles. The van der Waals surface area contributed by atoms with Gasteiger partial charge in [0.25, 0.3) is 0 Å². The highest BCUT2D eigenvalue weighted by Crippen LogP contribution is 2.45. The zero-order valence-corrected chi connectivity index (χ0v) is 15.5. The van der Waals surface area contributed by atoms with Gasteiger partial charge < -0.3 is 9.67 Å². The van der Waals surface area contributed by atoms with E-state index in [0.717, 1.165) is 22.1 Å². The standard InChI is InChI=1S/C16H9Cl2F6NOS/c1-14(26,16(22,23)24)9-6-25(13-8(9)2-3-27-13)12-10(17)4-7(5-11(12)18)15(19,20)21/h2-6,26H,1H3. The normalized spacial score (nSPS) is 15.3. The Morgan fingerprint density at radius 3 is 2.07 bits per heavy atom. The minimum atomic E-state index is -4.97. The Morgan fingerprint density at radius 2 is 1.59 bits per heavy atom. The zero-order valence-electron chi connectivity index (χ0n) is 13.2. The van der Waals surface area contributed by atoms with Crippen molar-refractivity contribution in [2.75, 3.05) is 0 Å². The summed E-state index contributed by atoms with van der Waals surface area (Å²) >= 11 is 13.0. The maximum atomic E-state index is 13.3. The summed E-state index contributed by atoms with van der Waals surface area (Å²) < 4.78 is 79.7. The average Bonchev–Trinajstić information content (AvgIpc) is 3.07. The molecule has 27 heavy (non-hydrogen) atoms. The lowest BCUT2D eigenvalue weighted by Gasteiger charge is -2.25. The van der Waals surface area contributed by atoms with Crippen molar-refractivity contribution in [1.29, 1.82) is 0 Å². The molecule has 2 aromatic heterocycles. The number of alkyl halides is 6. The van der Waals surface area contributed by atoms with Crippen molar-refractivity contribution in [3.63, 3.8) is 0 Å². The molecule has 0 saturated carbocycles. The molecule has 0 amide bonds. The van der Waals surface area contributed by atoms with Gasteiger partial charge in [-0.3, -0.25) is 0 Å². The van der Waals surface area contributed by atoms with E-state index in [2.05, 4.69) is 0 Å². The van der Waals surface area contributed by atoms with Gasteiger partial charge >= 0.3 is 12.4 Å². The summed E-state index contributed by atoms with van der Waals surface area (Å²) in [5.74, 6) is 0. The van der Waals surface area contributed by atoms with Gasteiger partial charge in [-0.25, -0.2) is 0 Å². The second-order valence-electron chi connectivity index (χ2n) is 5.91. The van der Waals surface area contributed by atoms with E-state index in [-0.39, 0.29) is 15.9 Å². The Hall–Kier alpha value is -1.42. The summed E-state index contributed by atoms with van der Waals surface area (Å²) in [7, 11) is 0. The van der Waals surface area contributed by atoms with E-state index in [9.17, 15) is 31.4 Å². The molecule has 1 atom stereocenters. The Morgan fingerprint density at radius 1 is 1.04 bits per heavy atom. The van der Waals surface area contributed by atoms with Crippen LogP contribution in [0.4, 0.5) is 26.3 Å². The number of benzene rings is 1. The molecular weight excluding hydrogens is 439 g/mol. The van der Waals surface area contributed by atoms with Gasteiger partial charge in [0.05, 0.1) is 21.3 Å². The monoisotopic (exact) mass is 447 g/mol. The fourth-order valence-corrected chi connectivity index (χ4v) is 4.18. The molecule has 0 aliphatic carbocycles. The number of hydrogen-bond acceptors (Lipinski definition) is 2. The maximum Gasteiger partial charge on any atom is 0.421 e. The van der Waals surface area contributed by atoms with Gasteiger partial charge in [0.1, 0.15) is 4.83 Å². The second kappa shape index (κ2) is 6.30. The van der Waals surface area contributed by atoms with Crippen molar-refractivity contribution >= 4 is 44.8 Å². The molecule has 3 aromatic rings. The first-order valence-corrected chi connectivity index (χ1v) is 8.83. The summed E-state index contributed by atoms with van der Waals surface area (Å²) in [6.07, 6.45) is -8.68. The van der Waals surface area contributed by atoms with Crippen LogP contribution in [0.5, 0.6) is 0 Å². The summed E-state index contributed by atoms with van der Waals surface area (Å²) in [6.45, 7) is 0.597. The first kappa shape index (κ1) is 20.3. The van der Waals surface area contributed by atoms with Crippen LogP contribution in [-0.4, -0.2) is 15.8 Å². The van der Waals surface area contributed by atoms with Crippen molar-refractivity contribution in [2.24, 2.45) is 0 Å². The first-order chi connectivity index (χ1) is 12.2. The van der Waals surface area contributed by atoms with Crippen LogP contribution in [-0.2, 0) is 11.8 Å². The molecule has 0 saturated heterocycles. The maximum absolute atomic E-state index is 13.3. The van der Waals surface area contributed by atoms with Crippen LogP contribution >= 0.6 is 34.5 Å². The highest BCUT2D eigenvalue weighted by molar-refractivity contribution is 7.16. The summed E-state index contributed by atoms with van der Waals surface area (Å²) in [6, 6.07) is 2.66. The molecule has 0 fully saturated rings. The molecular formula is C16H9Cl2F6NOS. The lowest BCUT2D eigenvalue weighted by atomic mass is 9.96. The minimum Gasteiger partial charge on any atom is -0.376 e. The molecule has 2 nitrogen and oxygen atoms in total. The zero-order chi connectivity index (χ0) is 20.4.